The molecule has 1 N–H and O–H groups in total. The third-order valence-electron chi connectivity index (χ3n) is 1.86. The lowest BCUT2D eigenvalue weighted by Crippen LogP contribution is -1.98. The highest BCUT2D eigenvalue weighted by atomic mass is 32.2. The first-order chi connectivity index (χ1) is 7.77. The van der Waals surface area contributed by atoms with Crippen molar-refractivity contribution < 1.29 is 9.90 Å². The van der Waals surface area contributed by atoms with E-state index in [4.69, 9.17) is 5.11 Å². The minimum Gasteiger partial charge on any atom is -0.478 e. The van der Waals surface area contributed by atoms with Crippen LogP contribution in [0.4, 0.5) is 0 Å². The van der Waals surface area contributed by atoms with Crippen molar-refractivity contribution in [3.05, 3.63) is 48.3 Å². The molecule has 16 heavy (non-hydrogen) atoms. The van der Waals surface area contributed by atoms with Crippen molar-refractivity contribution in [1.29, 1.82) is 0 Å². The molecule has 0 spiro atoms. The molecule has 0 aliphatic heterocycles. The molecule has 0 aliphatic carbocycles. The summed E-state index contributed by atoms with van der Waals surface area (Å²) in [6.07, 6.45) is 3.25. The fraction of sp³-hybridized carbons (Fsp3) is 0. The van der Waals surface area contributed by atoms with E-state index in [0.29, 0.717) is 10.1 Å². The monoisotopic (exact) mass is 232 g/mol. The SMILES string of the molecule is O=C(O)c1ccccc1Sc1ncccn1. The van der Waals surface area contributed by atoms with Gasteiger partial charge in [-0.1, -0.05) is 12.1 Å². The van der Waals surface area contributed by atoms with Crippen LogP contribution in [0.5, 0.6) is 0 Å². The standard InChI is InChI=1S/C11H8N2O2S/c14-10(15)8-4-1-2-5-9(8)16-11-12-6-3-7-13-11/h1-7H,(H,14,15). The largest absolute Gasteiger partial charge is 0.478 e. The second-order valence-corrected chi connectivity index (χ2v) is 3.94. The Bertz CT molecular complexity index is 502. The van der Waals surface area contributed by atoms with E-state index in [1.54, 1.807) is 42.7 Å². The van der Waals surface area contributed by atoms with Crippen LogP contribution in [-0.2, 0) is 0 Å². The number of carboxylic acids is 1. The molecule has 0 saturated heterocycles. The summed E-state index contributed by atoms with van der Waals surface area (Å²) in [5.74, 6) is -0.945. The summed E-state index contributed by atoms with van der Waals surface area (Å²) in [5.41, 5.74) is 0.264. The molecule has 0 unspecified atom stereocenters. The molecule has 1 aromatic carbocycles. The van der Waals surface area contributed by atoms with E-state index in [1.165, 1.54) is 11.8 Å². The first kappa shape index (κ1) is 10.6. The van der Waals surface area contributed by atoms with Crippen molar-refractivity contribution >= 4 is 17.7 Å². The Hall–Kier alpha value is -1.88. The lowest BCUT2D eigenvalue weighted by atomic mass is 10.2. The number of hydrogen-bond donors (Lipinski definition) is 1. The topological polar surface area (TPSA) is 63.1 Å². The van der Waals surface area contributed by atoms with Gasteiger partial charge < -0.3 is 5.11 Å². The fourth-order valence-electron chi connectivity index (χ4n) is 1.17. The fourth-order valence-corrected chi connectivity index (χ4v) is 2.00. The van der Waals surface area contributed by atoms with Crippen LogP contribution in [0, 0.1) is 0 Å². The number of hydrogen-bond acceptors (Lipinski definition) is 4. The van der Waals surface area contributed by atoms with Gasteiger partial charge in [0.15, 0.2) is 5.16 Å². The second kappa shape index (κ2) is 4.76. The molecule has 0 saturated carbocycles. The average Bonchev–Trinajstić information content (AvgIpc) is 2.31. The van der Waals surface area contributed by atoms with Gasteiger partial charge in [-0.05, 0) is 30.0 Å². The molecule has 1 heterocycles. The Balaban J connectivity index is 2.31. The Morgan fingerprint density at radius 2 is 1.81 bits per heavy atom. The summed E-state index contributed by atoms with van der Waals surface area (Å²) >= 11 is 1.24. The summed E-state index contributed by atoms with van der Waals surface area (Å²) in [5, 5.41) is 9.53. The maximum Gasteiger partial charge on any atom is 0.336 e. The summed E-state index contributed by atoms with van der Waals surface area (Å²) < 4.78 is 0. The van der Waals surface area contributed by atoms with E-state index in [9.17, 15) is 4.79 Å². The number of aromatic nitrogens is 2. The van der Waals surface area contributed by atoms with Crippen molar-refractivity contribution in [2.45, 2.75) is 10.1 Å². The van der Waals surface area contributed by atoms with Gasteiger partial charge in [-0.25, -0.2) is 14.8 Å². The van der Waals surface area contributed by atoms with Crippen LogP contribution in [0.3, 0.4) is 0 Å². The highest BCUT2D eigenvalue weighted by molar-refractivity contribution is 7.99. The third kappa shape index (κ3) is 2.38. The predicted molar refractivity (Wildman–Crippen MR) is 59.6 cm³/mol. The molecular formula is C11H8N2O2S. The van der Waals surface area contributed by atoms with Crippen LogP contribution in [0.15, 0.2) is 52.8 Å². The van der Waals surface area contributed by atoms with E-state index >= 15 is 0 Å². The first-order valence-electron chi connectivity index (χ1n) is 4.54. The first-order valence-corrected chi connectivity index (χ1v) is 5.36. The molecule has 0 aliphatic rings. The number of nitrogens with zero attached hydrogens (tertiary/aromatic N) is 2. The van der Waals surface area contributed by atoms with Gasteiger partial charge in [0.25, 0.3) is 0 Å². The van der Waals surface area contributed by atoms with E-state index in [-0.39, 0.29) is 5.56 Å². The Kier molecular flexibility index (Phi) is 3.16. The van der Waals surface area contributed by atoms with Gasteiger partial charge in [-0.3, -0.25) is 0 Å². The summed E-state index contributed by atoms with van der Waals surface area (Å²) in [6.45, 7) is 0. The molecule has 1 aromatic heterocycles. The van der Waals surface area contributed by atoms with Crippen molar-refractivity contribution in [3.63, 3.8) is 0 Å². The van der Waals surface area contributed by atoms with Crippen molar-refractivity contribution in [2.24, 2.45) is 0 Å². The maximum absolute atomic E-state index is 11.0. The normalized spacial score (nSPS) is 10.0. The molecule has 2 aromatic rings. The Morgan fingerprint density at radius 3 is 2.50 bits per heavy atom. The summed E-state index contributed by atoms with van der Waals surface area (Å²) in [6, 6.07) is 8.50. The van der Waals surface area contributed by atoms with Crippen molar-refractivity contribution in [2.75, 3.05) is 0 Å². The lowest BCUT2D eigenvalue weighted by Gasteiger charge is -2.03. The maximum atomic E-state index is 11.0. The minimum atomic E-state index is -0.945. The molecule has 5 heteroatoms. The second-order valence-electron chi connectivity index (χ2n) is 2.93. The molecule has 2 rings (SSSR count). The van der Waals surface area contributed by atoms with Crippen LogP contribution in [-0.4, -0.2) is 21.0 Å². The Labute approximate surface area is 96.4 Å². The van der Waals surface area contributed by atoms with Gasteiger partial charge in [-0.2, -0.15) is 0 Å². The molecule has 0 amide bonds. The summed E-state index contributed by atoms with van der Waals surface area (Å²) in [4.78, 5) is 19.7. The smallest absolute Gasteiger partial charge is 0.336 e. The highest BCUT2D eigenvalue weighted by Crippen LogP contribution is 2.27. The van der Waals surface area contributed by atoms with E-state index in [2.05, 4.69) is 9.97 Å². The average molecular weight is 232 g/mol. The molecule has 0 radical (unpaired) electrons. The minimum absolute atomic E-state index is 0.264. The van der Waals surface area contributed by atoms with Gasteiger partial charge >= 0.3 is 5.97 Å². The zero-order chi connectivity index (χ0) is 11.4. The zero-order valence-electron chi connectivity index (χ0n) is 8.20. The zero-order valence-corrected chi connectivity index (χ0v) is 9.02. The van der Waals surface area contributed by atoms with E-state index < -0.39 is 5.97 Å². The van der Waals surface area contributed by atoms with Gasteiger partial charge in [0.05, 0.1) is 5.56 Å². The van der Waals surface area contributed by atoms with Gasteiger partial charge in [0.1, 0.15) is 0 Å². The van der Waals surface area contributed by atoms with Gasteiger partial charge in [0, 0.05) is 17.3 Å². The van der Waals surface area contributed by atoms with Crippen LogP contribution in [0.2, 0.25) is 0 Å². The van der Waals surface area contributed by atoms with Gasteiger partial charge in [-0.15, -0.1) is 0 Å². The van der Waals surface area contributed by atoms with Crippen LogP contribution in [0.1, 0.15) is 10.4 Å². The lowest BCUT2D eigenvalue weighted by molar-refractivity contribution is 0.0693. The Morgan fingerprint density at radius 1 is 1.12 bits per heavy atom. The van der Waals surface area contributed by atoms with Crippen LogP contribution in [0.25, 0.3) is 0 Å². The van der Waals surface area contributed by atoms with Crippen LogP contribution >= 0.6 is 11.8 Å². The van der Waals surface area contributed by atoms with Crippen LogP contribution < -0.4 is 0 Å². The molecular weight excluding hydrogens is 224 g/mol. The number of benzene rings is 1. The molecule has 80 valence electrons. The quantitative estimate of drug-likeness (QED) is 0.823. The van der Waals surface area contributed by atoms with E-state index in [1.807, 2.05) is 0 Å². The summed E-state index contributed by atoms with van der Waals surface area (Å²) in [7, 11) is 0. The number of carbonyl (C=O) groups is 1. The molecule has 4 nitrogen and oxygen atoms in total. The van der Waals surface area contributed by atoms with Crippen molar-refractivity contribution in [3.8, 4) is 0 Å². The van der Waals surface area contributed by atoms with E-state index in [0.717, 1.165) is 0 Å². The van der Waals surface area contributed by atoms with Crippen molar-refractivity contribution in [1.82, 2.24) is 9.97 Å². The molecule has 0 atom stereocenters. The third-order valence-corrected chi connectivity index (χ3v) is 2.83. The number of carboxylic acid groups (broad SMARTS) is 1. The highest BCUT2D eigenvalue weighted by Gasteiger charge is 2.10. The number of aromatic carboxylic acids is 1. The molecule has 0 bridgehead atoms. The number of rotatable bonds is 3. The predicted octanol–water partition coefficient (Wildman–Crippen LogP) is 2.33. The molecule has 0 fully saturated rings. The van der Waals surface area contributed by atoms with Gasteiger partial charge in [0.2, 0.25) is 0 Å².